The smallest absolute Gasteiger partial charge is 0.404 e. The Morgan fingerprint density at radius 1 is 1.18 bits per heavy atom. The number of carbonyl (C=O) groups excluding carboxylic acids is 2. The first-order chi connectivity index (χ1) is 18.6. The average Bonchev–Trinajstić information content (AvgIpc) is 3.31. The van der Waals surface area contributed by atoms with Gasteiger partial charge in [-0.1, -0.05) is 0 Å². The normalized spacial score (nSPS) is 17.1. The number of aromatic nitrogens is 3. The van der Waals surface area contributed by atoms with E-state index in [0.29, 0.717) is 11.1 Å². The molecule has 0 bridgehead atoms. The number of nitrogens with one attached hydrogen (secondary N) is 2. The minimum absolute atomic E-state index is 0.128. The maximum atomic E-state index is 13.6. The number of benzene rings is 1. The fraction of sp³-hybridized carbons (Fsp3) is 0.448. The Morgan fingerprint density at radius 2 is 1.90 bits per heavy atom. The highest BCUT2D eigenvalue weighted by Crippen LogP contribution is 2.35. The summed E-state index contributed by atoms with van der Waals surface area (Å²) in [5.74, 6) is 0.504. The molecule has 4 N–H and O–H groups in total. The van der Waals surface area contributed by atoms with Crippen LogP contribution >= 0.6 is 0 Å². The van der Waals surface area contributed by atoms with Crippen molar-refractivity contribution in [2.75, 3.05) is 11.4 Å². The van der Waals surface area contributed by atoms with Crippen molar-refractivity contribution in [1.82, 2.24) is 19.9 Å². The highest BCUT2D eigenvalue weighted by molar-refractivity contribution is 5.98. The van der Waals surface area contributed by atoms with Crippen molar-refractivity contribution in [1.29, 1.82) is 0 Å². The number of pyridine rings is 1. The van der Waals surface area contributed by atoms with E-state index in [1.54, 1.807) is 6.20 Å². The Labute approximate surface area is 228 Å². The quantitative estimate of drug-likeness (QED) is 0.402. The zero-order chi connectivity index (χ0) is 28.3. The number of H-pyrrole nitrogens is 1. The number of rotatable bonds is 8. The summed E-state index contributed by atoms with van der Waals surface area (Å²) in [5, 5.41) is 2.97. The van der Waals surface area contributed by atoms with Gasteiger partial charge in [-0.15, -0.1) is 0 Å². The van der Waals surface area contributed by atoms with E-state index in [-0.39, 0.29) is 30.2 Å². The van der Waals surface area contributed by atoms with Crippen molar-refractivity contribution in [2.24, 2.45) is 12.8 Å². The summed E-state index contributed by atoms with van der Waals surface area (Å²) in [6.45, 7) is 8.64. The SMILES string of the molecule is CCN(c1cc(-c2nccn2C)cc(C(=O)NCc2c(C)cc(C)[nH]c2=O)c1C)[C@H]1CC[C@H](OC(N)=O)CC1. The molecule has 0 radical (unpaired) electrons. The van der Waals surface area contributed by atoms with Gasteiger partial charge in [0.15, 0.2) is 0 Å². The summed E-state index contributed by atoms with van der Waals surface area (Å²) in [6, 6.07) is 6.09. The molecule has 2 aromatic heterocycles. The van der Waals surface area contributed by atoms with Crippen LogP contribution in [0.5, 0.6) is 0 Å². The molecule has 0 aliphatic heterocycles. The van der Waals surface area contributed by atoms with E-state index in [4.69, 9.17) is 10.5 Å². The maximum Gasteiger partial charge on any atom is 0.404 e. The molecule has 39 heavy (non-hydrogen) atoms. The molecule has 1 aliphatic rings. The van der Waals surface area contributed by atoms with Crippen LogP contribution in [0, 0.1) is 20.8 Å². The average molecular weight is 535 g/mol. The van der Waals surface area contributed by atoms with E-state index in [1.165, 1.54) is 0 Å². The van der Waals surface area contributed by atoms with Gasteiger partial charge in [0.1, 0.15) is 11.9 Å². The predicted molar refractivity (Wildman–Crippen MR) is 151 cm³/mol. The van der Waals surface area contributed by atoms with Crippen LogP contribution in [0.15, 0.2) is 35.4 Å². The molecule has 0 unspecified atom stereocenters. The lowest BCUT2D eigenvalue weighted by atomic mass is 9.90. The first-order valence-corrected chi connectivity index (χ1v) is 13.4. The lowest BCUT2D eigenvalue weighted by molar-refractivity contribution is 0.0784. The minimum Gasteiger partial charge on any atom is -0.446 e. The summed E-state index contributed by atoms with van der Waals surface area (Å²) in [5.41, 5.74) is 10.4. The summed E-state index contributed by atoms with van der Waals surface area (Å²) in [7, 11) is 1.92. The molecule has 1 aromatic carbocycles. The molecule has 1 saturated carbocycles. The van der Waals surface area contributed by atoms with Gasteiger partial charge in [-0.2, -0.15) is 0 Å². The molecule has 10 heteroatoms. The third kappa shape index (κ3) is 6.16. The summed E-state index contributed by atoms with van der Waals surface area (Å²) in [6.07, 6.45) is 5.87. The van der Waals surface area contributed by atoms with Gasteiger partial charge in [-0.3, -0.25) is 9.59 Å². The number of primary amides is 1. The molecule has 3 aromatic rings. The molecule has 0 atom stereocenters. The molecule has 0 saturated heterocycles. The van der Waals surface area contributed by atoms with Crippen molar-refractivity contribution < 1.29 is 14.3 Å². The minimum atomic E-state index is -0.733. The van der Waals surface area contributed by atoms with Gasteiger partial charge < -0.3 is 30.2 Å². The molecular weight excluding hydrogens is 496 g/mol. The largest absolute Gasteiger partial charge is 0.446 e. The monoisotopic (exact) mass is 534 g/mol. The van der Waals surface area contributed by atoms with E-state index in [2.05, 4.69) is 33.2 Å². The van der Waals surface area contributed by atoms with Crippen LogP contribution in [0.3, 0.4) is 0 Å². The number of aromatic amines is 1. The second-order valence-corrected chi connectivity index (χ2v) is 10.3. The Morgan fingerprint density at radius 3 is 2.49 bits per heavy atom. The molecule has 2 heterocycles. The number of nitrogens with two attached hydrogens (primary N) is 1. The topological polar surface area (TPSA) is 135 Å². The highest BCUT2D eigenvalue weighted by Gasteiger charge is 2.29. The van der Waals surface area contributed by atoms with Gasteiger partial charge in [-0.25, -0.2) is 9.78 Å². The Hall–Kier alpha value is -4.08. The van der Waals surface area contributed by atoms with Crippen LogP contribution in [-0.2, 0) is 18.3 Å². The van der Waals surface area contributed by atoms with Crippen LogP contribution in [0.25, 0.3) is 11.4 Å². The Bertz CT molecular complexity index is 1420. The number of anilines is 1. The van der Waals surface area contributed by atoms with Crippen molar-refractivity contribution in [3.05, 3.63) is 68.9 Å². The van der Waals surface area contributed by atoms with Crippen LogP contribution in [0.4, 0.5) is 10.5 Å². The van der Waals surface area contributed by atoms with Crippen molar-refractivity contribution in [3.8, 4) is 11.4 Å². The third-order valence-electron chi connectivity index (χ3n) is 7.64. The van der Waals surface area contributed by atoms with Gasteiger partial charge in [0, 0.05) is 66.6 Å². The molecule has 10 nitrogen and oxygen atoms in total. The van der Waals surface area contributed by atoms with Gasteiger partial charge >= 0.3 is 6.09 Å². The number of amides is 2. The van der Waals surface area contributed by atoms with Crippen molar-refractivity contribution in [3.63, 3.8) is 0 Å². The van der Waals surface area contributed by atoms with E-state index in [0.717, 1.165) is 66.1 Å². The molecule has 1 fully saturated rings. The lowest BCUT2D eigenvalue weighted by Crippen LogP contribution is -2.41. The fourth-order valence-corrected chi connectivity index (χ4v) is 5.64. The van der Waals surface area contributed by atoms with E-state index in [1.807, 2.05) is 50.7 Å². The van der Waals surface area contributed by atoms with Gasteiger partial charge in [0.25, 0.3) is 11.5 Å². The number of hydrogen-bond donors (Lipinski definition) is 3. The van der Waals surface area contributed by atoms with E-state index < -0.39 is 6.09 Å². The van der Waals surface area contributed by atoms with Crippen LogP contribution in [0.2, 0.25) is 0 Å². The summed E-state index contributed by atoms with van der Waals surface area (Å²) >= 11 is 0. The molecule has 1 aliphatic carbocycles. The second-order valence-electron chi connectivity index (χ2n) is 10.3. The zero-order valence-corrected chi connectivity index (χ0v) is 23.3. The number of ether oxygens (including phenoxy) is 1. The fourth-order valence-electron chi connectivity index (χ4n) is 5.64. The summed E-state index contributed by atoms with van der Waals surface area (Å²) in [4.78, 5) is 47.0. The third-order valence-corrected chi connectivity index (χ3v) is 7.64. The second kappa shape index (κ2) is 11.8. The van der Waals surface area contributed by atoms with Crippen LogP contribution in [-0.4, -0.2) is 45.2 Å². The lowest BCUT2D eigenvalue weighted by Gasteiger charge is -2.38. The summed E-state index contributed by atoms with van der Waals surface area (Å²) < 4.78 is 7.16. The number of hydrogen-bond acceptors (Lipinski definition) is 6. The predicted octanol–water partition coefficient (Wildman–Crippen LogP) is 3.86. The number of carbonyl (C=O) groups is 2. The maximum absolute atomic E-state index is 13.6. The van der Waals surface area contributed by atoms with Crippen molar-refractivity contribution in [2.45, 2.75) is 72.1 Å². The molecular formula is C29H38N6O4. The van der Waals surface area contributed by atoms with E-state index >= 15 is 0 Å². The highest BCUT2D eigenvalue weighted by atomic mass is 16.6. The van der Waals surface area contributed by atoms with Gasteiger partial charge in [0.05, 0.1) is 0 Å². The van der Waals surface area contributed by atoms with E-state index in [9.17, 15) is 14.4 Å². The first-order valence-electron chi connectivity index (χ1n) is 13.4. The van der Waals surface area contributed by atoms with Crippen LogP contribution < -0.4 is 21.5 Å². The number of aryl methyl sites for hydroxylation is 3. The molecule has 2 amide bonds. The Balaban J connectivity index is 1.67. The molecule has 4 rings (SSSR count). The number of imidazole rings is 1. The first kappa shape index (κ1) is 27.9. The molecule has 208 valence electrons. The van der Waals surface area contributed by atoms with Crippen molar-refractivity contribution >= 4 is 17.7 Å². The van der Waals surface area contributed by atoms with Gasteiger partial charge in [0.2, 0.25) is 0 Å². The zero-order valence-electron chi connectivity index (χ0n) is 23.3. The number of nitrogens with zero attached hydrogens (tertiary/aromatic N) is 3. The molecule has 0 spiro atoms. The Kier molecular flexibility index (Phi) is 8.42. The standard InChI is InChI=1S/C29H38N6O4/c1-6-35(21-7-9-22(10-8-21)39-29(30)38)25-15-20(26-31-11-12-34(26)5)14-23(19(25)4)27(36)32-16-24-17(2)13-18(3)33-28(24)37/h11-15,21-22H,6-10,16H2,1-5H3,(H2,30,38)(H,32,36)(H,33,37)/t21-,22-. The van der Waals surface area contributed by atoms with Crippen LogP contribution in [0.1, 0.15) is 65.3 Å². The van der Waals surface area contributed by atoms with Gasteiger partial charge in [-0.05, 0) is 82.7 Å².